The van der Waals surface area contributed by atoms with Crippen molar-refractivity contribution in [3.05, 3.63) is 64.2 Å². The van der Waals surface area contributed by atoms with Crippen LogP contribution in [0.15, 0.2) is 42.5 Å². The first-order valence-electron chi connectivity index (χ1n) is 8.81. The van der Waals surface area contributed by atoms with E-state index >= 15 is 0 Å². The third-order valence-electron chi connectivity index (χ3n) is 5.16. The molecule has 1 amide bonds. The van der Waals surface area contributed by atoms with Crippen LogP contribution in [0.4, 0.5) is 0 Å². The van der Waals surface area contributed by atoms with E-state index in [9.17, 15) is 4.79 Å². The van der Waals surface area contributed by atoms with Crippen molar-refractivity contribution in [3.63, 3.8) is 0 Å². The highest BCUT2D eigenvalue weighted by atomic mass is 35.5. The van der Waals surface area contributed by atoms with Crippen LogP contribution in [-0.4, -0.2) is 32.8 Å². The summed E-state index contributed by atoms with van der Waals surface area (Å²) in [7, 11) is 1.55. The molecule has 0 saturated carbocycles. The Balaban J connectivity index is 1.84. The van der Waals surface area contributed by atoms with Gasteiger partial charge in [0.25, 0.3) is 5.91 Å². The lowest BCUT2D eigenvalue weighted by molar-refractivity contribution is 0.0485. The normalized spacial score (nSPS) is 16.1. The molecule has 1 aliphatic heterocycles. The molecule has 0 aliphatic carbocycles. The molecule has 4 nitrogen and oxygen atoms in total. The van der Waals surface area contributed by atoms with Crippen molar-refractivity contribution < 1.29 is 14.3 Å². The molecule has 0 unspecified atom stereocenters. The molecule has 1 saturated heterocycles. The summed E-state index contributed by atoms with van der Waals surface area (Å²) in [4.78, 5) is 12.8. The lowest BCUT2D eigenvalue weighted by Crippen LogP contribution is -2.45. The zero-order valence-corrected chi connectivity index (χ0v) is 15.9. The van der Waals surface area contributed by atoms with E-state index in [1.54, 1.807) is 25.3 Å². The van der Waals surface area contributed by atoms with Gasteiger partial charge in [-0.1, -0.05) is 35.9 Å². The molecule has 1 N–H and O–H groups in total. The summed E-state index contributed by atoms with van der Waals surface area (Å²) in [6.07, 6.45) is 1.76. The molecule has 3 rings (SSSR count). The van der Waals surface area contributed by atoms with Gasteiger partial charge in [-0.25, -0.2) is 0 Å². The van der Waals surface area contributed by atoms with Crippen molar-refractivity contribution >= 4 is 17.5 Å². The van der Waals surface area contributed by atoms with Gasteiger partial charge in [0, 0.05) is 30.2 Å². The second-order valence-corrected chi connectivity index (χ2v) is 7.17. The second-order valence-electron chi connectivity index (χ2n) is 6.73. The summed E-state index contributed by atoms with van der Waals surface area (Å²) >= 11 is 6.06. The van der Waals surface area contributed by atoms with Gasteiger partial charge >= 0.3 is 0 Å². The highest BCUT2D eigenvalue weighted by Crippen LogP contribution is 2.36. The molecule has 2 aromatic carbocycles. The first kappa shape index (κ1) is 18.7. The Morgan fingerprint density at radius 1 is 1.23 bits per heavy atom. The molecule has 0 aromatic heterocycles. The van der Waals surface area contributed by atoms with Gasteiger partial charge in [0.15, 0.2) is 0 Å². The molecule has 0 radical (unpaired) electrons. The van der Waals surface area contributed by atoms with E-state index in [-0.39, 0.29) is 11.3 Å². The van der Waals surface area contributed by atoms with Crippen LogP contribution in [0.2, 0.25) is 5.02 Å². The SMILES string of the molecule is COc1ccc(Cl)cc1C(=O)NCC1(c2ccccc2C)CCOCC1. The summed E-state index contributed by atoms with van der Waals surface area (Å²) in [5.41, 5.74) is 2.85. The number of hydrogen-bond acceptors (Lipinski definition) is 3. The van der Waals surface area contributed by atoms with Crippen LogP contribution in [-0.2, 0) is 10.2 Å². The average molecular weight is 374 g/mol. The second kappa shape index (κ2) is 8.11. The van der Waals surface area contributed by atoms with Crippen LogP contribution < -0.4 is 10.1 Å². The molecule has 2 aromatic rings. The number of aryl methyl sites for hydroxylation is 1. The van der Waals surface area contributed by atoms with Gasteiger partial charge in [0.05, 0.1) is 12.7 Å². The minimum absolute atomic E-state index is 0.120. The van der Waals surface area contributed by atoms with Gasteiger partial charge in [-0.05, 0) is 49.1 Å². The van der Waals surface area contributed by atoms with Crippen LogP contribution in [0, 0.1) is 6.92 Å². The number of halogens is 1. The van der Waals surface area contributed by atoms with E-state index < -0.39 is 0 Å². The van der Waals surface area contributed by atoms with E-state index in [1.807, 2.05) is 6.07 Å². The predicted molar refractivity (Wildman–Crippen MR) is 103 cm³/mol. The molecular weight excluding hydrogens is 350 g/mol. The minimum atomic E-state index is -0.177. The molecule has 1 fully saturated rings. The number of nitrogens with one attached hydrogen (secondary N) is 1. The van der Waals surface area contributed by atoms with Crippen molar-refractivity contribution in [1.82, 2.24) is 5.32 Å². The van der Waals surface area contributed by atoms with Gasteiger partial charge < -0.3 is 14.8 Å². The average Bonchev–Trinajstić information content (AvgIpc) is 2.67. The lowest BCUT2D eigenvalue weighted by atomic mass is 9.72. The Labute approximate surface area is 159 Å². The predicted octanol–water partition coefficient (Wildman–Crippen LogP) is 4.14. The molecule has 1 aliphatic rings. The number of ether oxygens (including phenoxy) is 2. The number of methoxy groups -OCH3 is 1. The standard InChI is InChI=1S/C21H24ClNO3/c1-15-5-3-4-6-18(15)21(9-11-26-12-10-21)14-23-20(24)17-13-16(22)7-8-19(17)25-2/h3-8,13H,9-12,14H2,1-2H3,(H,23,24). The van der Waals surface area contributed by atoms with Crippen LogP contribution >= 0.6 is 11.6 Å². The van der Waals surface area contributed by atoms with E-state index in [0.717, 1.165) is 12.8 Å². The Hall–Kier alpha value is -2.04. The summed E-state index contributed by atoms with van der Waals surface area (Å²) in [5.74, 6) is 0.340. The number of carbonyl (C=O) groups is 1. The molecule has 0 atom stereocenters. The third-order valence-corrected chi connectivity index (χ3v) is 5.39. The molecule has 138 valence electrons. The fourth-order valence-corrected chi connectivity index (χ4v) is 3.85. The first-order chi connectivity index (χ1) is 12.6. The van der Waals surface area contributed by atoms with Gasteiger partial charge in [0.2, 0.25) is 0 Å². The molecule has 26 heavy (non-hydrogen) atoms. The molecule has 5 heteroatoms. The number of benzene rings is 2. The van der Waals surface area contributed by atoms with E-state index in [0.29, 0.717) is 36.1 Å². The van der Waals surface area contributed by atoms with Crippen molar-refractivity contribution in [2.75, 3.05) is 26.9 Å². The fourth-order valence-electron chi connectivity index (χ4n) is 3.67. The largest absolute Gasteiger partial charge is 0.496 e. The number of amides is 1. The molecule has 0 spiro atoms. The monoisotopic (exact) mass is 373 g/mol. The Morgan fingerprint density at radius 2 is 1.96 bits per heavy atom. The highest BCUT2D eigenvalue weighted by Gasteiger charge is 2.36. The maximum atomic E-state index is 12.8. The van der Waals surface area contributed by atoms with Gasteiger partial charge in [-0.2, -0.15) is 0 Å². The van der Waals surface area contributed by atoms with Crippen LogP contribution in [0.3, 0.4) is 0 Å². The quantitative estimate of drug-likeness (QED) is 0.857. The summed E-state index contributed by atoms with van der Waals surface area (Å²) in [6.45, 7) is 4.07. The molecular formula is C21H24ClNO3. The summed E-state index contributed by atoms with van der Waals surface area (Å²) in [6, 6.07) is 13.4. The van der Waals surface area contributed by atoms with Crippen molar-refractivity contribution in [1.29, 1.82) is 0 Å². The van der Waals surface area contributed by atoms with Gasteiger partial charge in [0.1, 0.15) is 5.75 Å². The van der Waals surface area contributed by atoms with Crippen molar-refractivity contribution in [2.24, 2.45) is 0 Å². The van der Waals surface area contributed by atoms with Gasteiger partial charge in [-0.3, -0.25) is 4.79 Å². The Morgan fingerprint density at radius 3 is 2.65 bits per heavy atom. The van der Waals surface area contributed by atoms with Crippen LogP contribution in [0.5, 0.6) is 5.75 Å². The van der Waals surface area contributed by atoms with Gasteiger partial charge in [-0.15, -0.1) is 0 Å². The molecule has 1 heterocycles. The number of carbonyl (C=O) groups excluding carboxylic acids is 1. The summed E-state index contributed by atoms with van der Waals surface area (Å²) in [5, 5.41) is 3.61. The van der Waals surface area contributed by atoms with E-state index in [2.05, 4.69) is 30.4 Å². The van der Waals surface area contributed by atoms with Crippen LogP contribution in [0.1, 0.15) is 34.3 Å². The fraction of sp³-hybridized carbons (Fsp3) is 0.381. The van der Waals surface area contributed by atoms with Crippen LogP contribution in [0.25, 0.3) is 0 Å². The zero-order chi connectivity index (χ0) is 18.6. The topological polar surface area (TPSA) is 47.6 Å². The third kappa shape index (κ3) is 3.87. The zero-order valence-electron chi connectivity index (χ0n) is 15.2. The number of rotatable bonds is 5. The van der Waals surface area contributed by atoms with Crippen molar-refractivity contribution in [2.45, 2.75) is 25.2 Å². The highest BCUT2D eigenvalue weighted by molar-refractivity contribution is 6.31. The molecule has 0 bridgehead atoms. The van der Waals surface area contributed by atoms with E-state index in [4.69, 9.17) is 21.1 Å². The smallest absolute Gasteiger partial charge is 0.255 e. The number of hydrogen-bond donors (Lipinski definition) is 1. The summed E-state index contributed by atoms with van der Waals surface area (Å²) < 4.78 is 10.9. The Bertz CT molecular complexity index is 785. The van der Waals surface area contributed by atoms with E-state index in [1.165, 1.54) is 11.1 Å². The maximum absolute atomic E-state index is 12.8. The Kier molecular flexibility index (Phi) is 5.84. The van der Waals surface area contributed by atoms with Crippen molar-refractivity contribution in [3.8, 4) is 5.75 Å². The lowest BCUT2D eigenvalue weighted by Gasteiger charge is -2.39. The first-order valence-corrected chi connectivity index (χ1v) is 9.19. The minimum Gasteiger partial charge on any atom is -0.496 e. The maximum Gasteiger partial charge on any atom is 0.255 e.